The fourth-order valence-electron chi connectivity index (χ4n) is 6.41. The van der Waals surface area contributed by atoms with E-state index in [2.05, 4.69) is 73.7 Å². The Kier molecular flexibility index (Phi) is 9.66. The molecule has 44 heavy (non-hydrogen) atoms. The van der Waals surface area contributed by atoms with Gasteiger partial charge >= 0.3 is 0 Å². The third kappa shape index (κ3) is 6.57. The lowest BCUT2D eigenvalue weighted by atomic mass is 9.93. The molecule has 3 aliphatic heterocycles. The fraction of sp³-hybridized carbons (Fsp3) is 0.500. The van der Waals surface area contributed by atoms with Crippen LogP contribution in [0.2, 0.25) is 0 Å². The molecule has 0 atom stereocenters. The Bertz CT molecular complexity index is 1480. The largest absolute Gasteiger partial charge is 0.494 e. The lowest BCUT2D eigenvalue weighted by Crippen LogP contribution is -2.56. The van der Waals surface area contributed by atoms with E-state index in [-0.39, 0.29) is 0 Å². The number of halogens is 1. The first-order valence-electron chi connectivity index (χ1n) is 15.2. The first-order valence-corrected chi connectivity index (χ1v) is 18.2. The number of aryl methyl sites for hydroxylation is 1. The van der Waals surface area contributed by atoms with Gasteiger partial charge in [0.05, 0.1) is 29.6 Å². The molecule has 4 heterocycles. The number of benzene rings is 2. The van der Waals surface area contributed by atoms with Gasteiger partial charge in [0, 0.05) is 68.5 Å². The van der Waals surface area contributed by atoms with Crippen LogP contribution >= 0.6 is 23.9 Å². The molecular weight excluding hydrogens is 643 g/mol. The van der Waals surface area contributed by atoms with Crippen molar-refractivity contribution in [1.29, 1.82) is 0 Å². The molecular formula is C32H42BrN6O4P. The Labute approximate surface area is 269 Å². The molecule has 3 aliphatic rings. The minimum absolute atomic E-state index is 0.470. The molecule has 2 N–H and O–H groups in total. The Balaban J connectivity index is 1.16. The summed E-state index contributed by atoms with van der Waals surface area (Å²) >= 11 is 3.63. The van der Waals surface area contributed by atoms with Crippen LogP contribution in [-0.4, -0.2) is 94.5 Å². The first kappa shape index (κ1) is 31.1. The Hall–Kier alpha value is -2.85. The molecule has 0 spiro atoms. The van der Waals surface area contributed by atoms with Crippen LogP contribution in [0.3, 0.4) is 0 Å². The third-order valence-electron chi connectivity index (χ3n) is 8.60. The average molecular weight is 686 g/mol. The average Bonchev–Trinajstić information content (AvgIpc) is 3.00. The molecule has 12 heteroatoms. The second kappa shape index (κ2) is 13.6. The van der Waals surface area contributed by atoms with Gasteiger partial charge in [0.15, 0.2) is 11.5 Å². The van der Waals surface area contributed by atoms with Crippen LogP contribution in [0, 0.1) is 12.8 Å². The Morgan fingerprint density at radius 3 is 2.55 bits per heavy atom. The summed E-state index contributed by atoms with van der Waals surface area (Å²) in [6.45, 7) is 13.0. The van der Waals surface area contributed by atoms with Crippen molar-refractivity contribution in [3.8, 4) is 17.2 Å². The number of fused-ring (bicyclic) bond motifs is 1. The van der Waals surface area contributed by atoms with E-state index in [9.17, 15) is 0 Å². The molecule has 2 saturated heterocycles. The van der Waals surface area contributed by atoms with Crippen molar-refractivity contribution in [2.24, 2.45) is 5.92 Å². The van der Waals surface area contributed by atoms with Crippen molar-refractivity contribution in [2.45, 2.75) is 25.8 Å². The van der Waals surface area contributed by atoms with Crippen LogP contribution < -0.4 is 35.0 Å². The predicted molar refractivity (Wildman–Crippen MR) is 182 cm³/mol. The molecule has 0 unspecified atom stereocenters. The van der Waals surface area contributed by atoms with Gasteiger partial charge in [0.2, 0.25) is 5.95 Å². The number of hydrogen-bond donors (Lipinski definition) is 2. The van der Waals surface area contributed by atoms with Gasteiger partial charge in [0.25, 0.3) is 0 Å². The van der Waals surface area contributed by atoms with Gasteiger partial charge in [-0.3, -0.25) is 4.90 Å². The summed E-state index contributed by atoms with van der Waals surface area (Å²) in [5, 5.41) is 8.04. The Morgan fingerprint density at radius 2 is 1.82 bits per heavy atom. The van der Waals surface area contributed by atoms with E-state index >= 15 is 0 Å². The maximum Gasteiger partial charge on any atom is 0.229 e. The monoisotopic (exact) mass is 684 g/mol. The molecule has 236 valence electrons. The van der Waals surface area contributed by atoms with Crippen LogP contribution in [0.15, 0.2) is 34.9 Å². The van der Waals surface area contributed by atoms with Gasteiger partial charge in [-0.15, -0.1) is 0 Å². The number of rotatable bonds is 10. The predicted octanol–water partition coefficient (Wildman–Crippen LogP) is 5.73. The summed E-state index contributed by atoms with van der Waals surface area (Å²) in [7, 11) is 3.02. The molecule has 0 radical (unpaired) electrons. The molecule has 6 rings (SSSR count). The summed E-state index contributed by atoms with van der Waals surface area (Å²) in [4.78, 5) is 14.5. The molecule has 0 bridgehead atoms. The molecule has 3 aromatic rings. The Morgan fingerprint density at radius 1 is 1.05 bits per heavy atom. The van der Waals surface area contributed by atoms with Gasteiger partial charge in [0.1, 0.15) is 24.8 Å². The maximum atomic E-state index is 6.02. The van der Waals surface area contributed by atoms with Gasteiger partial charge in [-0.25, -0.2) is 4.98 Å². The second-order valence-electron chi connectivity index (χ2n) is 11.9. The van der Waals surface area contributed by atoms with Crippen LogP contribution in [0.25, 0.3) is 0 Å². The zero-order valence-corrected chi connectivity index (χ0v) is 28.6. The van der Waals surface area contributed by atoms with E-state index in [1.807, 2.05) is 12.1 Å². The lowest BCUT2D eigenvalue weighted by molar-refractivity contribution is -0.000666. The number of ether oxygens (including phenoxy) is 4. The van der Waals surface area contributed by atoms with Crippen LogP contribution in [-0.2, 0) is 4.74 Å². The van der Waals surface area contributed by atoms with Crippen molar-refractivity contribution in [3.63, 3.8) is 0 Å². The van der Waals surface area contributed by atoms with E-state index < -0.39 is 7.92 Å². The van der Waals surface area contributed by atoms with E-state index in [0.29, 0.717) is 36.9 Å². The highest BCUT2D eigenvalue weighted by Crippen LogP contribution is 2.42. The molecule has 1 aromatic heterocycles. The smallest absolute Gasteiger partial charge is 0.229 e. The number of nitrogens with one attached hydrogen (secondary N) is 2. The van der Waals surface area contributed by atoms with E-state index in [1.54, 1.807) is 20.4 Å². The van der Waals surface area contributed by atoms with E-state index in [4.69, 9.17) is 23.9 Å². The summed E-state index contributed by atoms with van der Waals surface area (Å²) < 4.78 is 23.8. The maximum absolute atomic E-state index is 6.02. The van der Waals surface area contributed by atoms with Crippen molar-refractivity contribution in [3.05, 3.63) is 40.5 Å². The van der Waals surface area contributed by atoms with Crippen LogP contribution in [0.5, 0.6) is 17.2 Å². The number of likely N-dealkylation sites (tertiary alicyclic amines) is 1. The highest BCUT2D eigenvalue weighted by Gasteiger charge is 2.34. The molecule has 10 nitrogen and oxygen atoms in total. The van der Waals surface area contributed by atoms with Gasteiger partial charge in [-0.05, 0) is 72.8 Å². The van der Waals surface area contributed by atoms with Crippen molar-refractivity contribution < 1.29 is 18.9 Å². The SMILES string of the molecule is COCC1CN(C2CCN(c3cc(OC)c(Nc4ncc(Br)c(Nc5ccc6c(c5P(C)C)OCCO6)n4)cc3C)CC2)C1. The minimum atomic E-state index is -0.480. The van der Waals surface area contributed by atoms with Crippen molar-refractivity contribution in [1.82, 2.24) is 14.9 Å². The number of methoxy groups -OCH3 is 2. The molecule has 0 saturated carbocycles. The van der Waals surface area contributed by atoms with E-state index in [1.165, 1.54) is 24.1 Å². The first-order chi connectivity index (χ1) is 21.3. The molecule has 2 fully saturated rings. The molecule has 0 amide bonds. The normalized spacial score (nSPS) is 17.5. The standard InChI is InChI=1S/C32H42BrN6O4P/c1-20-14-25(28(41-3)15-26(20)38-10-8-22(9-11-38)39-17-21(18-39)19-40-2)36-32-34-16-23(33)31(37-32)35-24-6-7-27-29(30(24)44(4)5)43-13-12-42-27/h6-7,14-16,21-22H,8-13,17-19H2,1-5H3,(H2,34,35,36,37). The molecule has 0 aliphatic carbocycles. The zero-order chi connectivity index (χ0) is 30.8. The molecule has 2 aromatic carbocycles. The zero-order valence-electron chi connectivity index (χ0n) is 26.2. The number of anilines is 5. The fourth-order valence-corrected chi connectivity index (χ4v) is 7.90. The lowest BCUT2D eigenvalue weighted by Gasteiger charge is -2.47. The third-order valence-corrected chi connectivity index (χ3v) is 10.5. The summed E-state index contributed by atoms with van der Waals surface area (Å²) in [6, 6.07) is 8.92. The highest BCUT2D eigenvalue weighted by atomic mass is 79.9. The number of piperidine rings is 1. The van der Waals surface area contributed by atoms with Crippen LogP contribution in [0.4, 0.5) is 28.8 Å². The summed E-state index contributed by atoms with van der Waals surface area (Å²) in [5.74, 6) is 4.19. The van der Waals surface area contributed by atoms with Crippen molar-refractivity contribution >= 4 is 58.0 Å². The number of aromatic nitrogens is 2. The van der Waals surface area contributed by atoms with Gasteiger partial charge < -0.3 is 34.5 Å². The highest BCUT2D eigenvalue weighted by molar-refractivity contribution is 9.10. The summed E-state index contributed by atoms with van der Waals surface area (Å²) in [6.07, 6.45) is 4.10. The summed E-state index contributed by atoms with van der Waals surface area (Å²) in [5.41, 5.74) is 4.17. The second-order valence-corrected chi connectivity index (χ2v) is 14.9. The topological polar surface area (TPSA) is 93.2 Å². The van der Waals surface area contributed by atoms with Gasteiger partial charge in [-0.2, -0.15) is 4.98 Å². The van der Waals surface area contributed by atoms with Crippen LogP contribution in [0.1, 0.15) is 18.4 Å². The quantitative estimate of drug-likeness (QED) is 0.258. The number of hydrogen-bond acceptors (Lipinski definition) is 10. The van der Waals surface area contributed by atoms with Gasteiger partial charge in [-0.1, -0.05) is 7.92 Å². The minimum Gasteiger partial charge on any atom is -0.494 e. The van der Waals surface area contributed by atoms with Crippen molar-refractivity contribution in [2.75, 3.05) is 89.1 Å². The number of nitrogens with zero attached hydrogens (tertiary/aromatic N) is 4. The van der Waals surface area contributed by atoms with E-state index in [0.717, 1.165) is 71.2 Å².